The van der Waals surface area contributed by atoms with Crippen molar-refractivity contribution in [3.8, 4) is 0 Å². The zero-order chi connectivity index (χ0) is 15.1. The second kappa shape index (κ2) is 8.25. The number of likely N-dealkylation sites (tertiary alicyclic amines) is 1. The summed E-state index contributed by atoms with van der Waals surface area (Å²) in [6.07, 6.45) is 8.38. The van der Waals surface area contributed by atoms with Crippen molar-refractivity contribution in [3.63, 3.8) is 0 Å². The molecule has 1 heterocycles. The summed E-state index contributed by atoms with van der Waals surface area (Å²) in [6, 6.07) is 0.345. The van der Waals surface area contributed by atoms with Gasteiger partial charge in [0.25, 0.3) is 0 Å². The maximum Gasteiger partial charge on any atom is 0.317 e. The first-order valence-electron chi connectivity index (χ1n) is 8.47. The van der Waals surface area contributed by atoms with Gasteiger partial charge in [-0.1, -0.05) is 19.8 Å². The number of amides is 3. The van der Waals surface area contributed by atoms with Crippen molar-refractivity contribution in [1.82, 2.24) is 15.5 Å². The van der Waals surface area contributed by atoms with Crippen LogP contribution in [0.15, 0.2) is 0 Å². The third kappa shape index (κ3) is 5.56. The predicted molar refractivity (Wildman–Crippen MR) is 83.0 cm³/mol. The molecule has 120 valence electrons. The Kier molecular flexibility index (Phi) is 6.33. The second-order valence-corrected chi connectivity index (χ2v) is 6.55. The molecule has 21 heavy (non-hydrogen) atoms. The van der Waals surface area contributed by atoms with Crippen LogP contribution in [0.25, 0.3) is 0 Å². The van der Waals surface area contributed by atoms with E-state index in [9.17, 15) is 9.59 Å². The number of rotatable bonds is 4. The lowest BCUT2D eigenvalue weighted by atomic mass is 10.0. The van der Waals surface area contributed by atoms with Crippen molar-refractivity contribution in [2.45, 2.75) is 64.3 Å². The fourth-order valence-corrected chi connectivity index (χ4v) is 3.23. The number of hydrogen-bond acceptors (Lipinski definition) is 2. The van der Waals surface area contributed by atoms with Gasteiger partial charge in [0.1, 0.15) is 0 Å². The van der Waals surface area contributed by atoms with E-state index in [2.05, 4.69) is 17.6 Å². The highest BCUT2D eigenvalue weighted by Gasteiger charge is 2.19. The molecule has 1 saturated carbocycles. The summed E-state index contributed by atoms with van der Waals surface area (Å²) in [5, 5.41) is 5.92. The second-order valence-electron chi connectivity index (χ2n) is 6.55. The van der Waals surface area contributed by atoms with Crippen molar-refractivity contribution < 1.29 is 9.59 Å². The van der Waals surface area contributed by atoms with Gasteiger partial charge >= 0.3 is 6.03 Å². The lowest BCUT2D eigenvalue weighted by Crippen LogP contribution is -2.42. The molecule has 0 radical (unpaired) electrons. The maximum absolute atomic E-state index is 12.1. The minimum Gasteiger partial charge on any atom is -0.353 e. The topological polar surface area (TPSA) is 61.4 Å². The van der Waals surface area contributed by atoms with Gasteiger partial charge in [-0.3, -0.25) is 4.79 Å². The molecule has 2 rings (SSSR count). The van der Waals surface area contributed by atoms with Crippen LogP contribution >= 0.6 is 0 Å². The van der Waals surface area contributed by atoms with Gasteiger partial charge < -0.3 is 15.5 Å². The lowest BCUT2D eigenvalue weighted by molar-refractivity contribution is -0.121. The molecule has 0 aromatic rings. The Hall–Kier alpha value is -1.26. The molecule has 1 aliphatic heterocycles. The summed E-state index contributed by atoms with van der Waals surface area (Å²) in [5.74, 6) is 0.770. The number of nitrogens with zero attached hydrogens (tertiary/aromatic N) is 1. The lowest BCUT2D eigenvalue weighted by Gasteiger charge is -2.21. The molecule has 1 saturated heterocycles. The maximum atomic E-state index is 12.1. The Morgan fingerprint density at radius 3 is 2.57 bits per heavy atom. The molecule has 1 atom stereocenters. The number of carbonyl (C=O) groups is 2. The van der Waals surface area contributed by atoms with Crippen molar-refractivity contribution in [2.75, 3.05) is 19.6 Å². The average Bonchev–Trinajstić information content (AvgIpc) is 2.85. The van der Waals surface area contributed by atoms with Gasteiger partial charge in [-0.15, -0.1) is 0 Å². The van der Waals surface area contributed by atoms with E-state index < -0.39 is 0 Å². The molecule has 2 fully saturated rings. The molecule has 0 aromatic carbocycles. The van der Waals surface area contributed by atoms with Crippen LogP contribution in [0.2, 0.25) is 0 Å². The minimum atomic E-state index is -0.0160. The highest BCUT2D eigenvalue weighted by atomic mass is 16.2. The smallest absolute Gasteiger partial charge is 0.317 e. The molecular weight excluding hydrogens is 266 g/mol. The fraction of sp³-hybridized carbons (Fsp3) is 0.875. The molecule has 0 aromatic heterocycles. The number of hydrogen-bond donors (Lipinski definition) is 2. The largest absolute Gasteiger partial charge is 0.353 e. The van der Waals surface area contributed by atoms with Crippen molar-refractivity contribution >= 4 is 11.9 Å². The summed E-state index contributed by atoms with van der Waals surface area (Å²) in [7, 11) is 0. The molecular formula is C16H29N3O2. The van der Waals surface area contributed by atoms with Gasteiger partial charge in [0, 0.05) is 32.1 Å². The van der Waals surface area contributed by atoms with Gasteiger partial charge in [0.05, 0.1) is 0 Å². The number of carbonyl (C=O) groups excluding carboxylic acids is 2. The van der Waals surface area contributed by atoms with Gasteiger partial charge in [-0.25, -0.2) is 4.79 Å². The zero-order valence-corrected chi connectivity index (χ0v) is 13.2. The van der Waals surface area contributed by atoms with Crippen molar-refractivity contribution in [1.29, 1.82) is 0 Å². The Bertz CT molecular complexity index is 353. The van der Waals surface area contributed by atoms with Crippen LogP contribution in [0.5, 0.6) is 0 Å². The van der Waals surface area contributed by atoms with Crippen LogP contribution in [0.1, 0.15) is 58.3 Å². The molecule has 0 bridgehead atoms. The third-order valence-corrected chi connectivity index (χ3v) is 4.65. The standard InChI is InChI=1S/C16H29N3O2/c1-13-5-4-11-19(12-9-13)16(21)17-10-8-15(20)18-14-6-2-3-7-14/h13-14H,2-12H2,1H3,(H,17,21)(H,18,20). The zero-order valence-electron chi connectivity index (χ0n) is 13.2. The van der Waals surface area contributed by atoms with E-state index in [1.54, 1.807) is 0 Å². The Balaban J connectivity index is 1.60. The quantitative estimate of drug-likeness (QED) is 0.836. The number of nitrogens with one attached hydrogen (secondary N) is 2. The normalized spacial score (nSPS) is 23.7. The van der Waals surface area contributed by atoms with E-state index in [0.29, 0.717) is 24.9 Å². The van der Waals surface area contributed by atoms with Crippen LogP contribution in [-0.4, -0.2) is 42.5 Å². The number of urea groups is 1. The van der Waals surface area contributed by atoms with Crippen LogP contribution < -0.4 is 10.6 Å². The first-order chi connectivity index (χ1) is 10.1. The molecule has 2 aliphatic rings. The first kappa shape index (κ1) is 16.1. The van der Waals surface area contributed by atoms with E-state index in [1.165, 1.54) is 19.3 Å². The van der Waals surface area contributed by atoms with Crippen molar-refractivity contribution in [3.05, 3.63) is 0 Å². The molecule has 3 amide bonds. The monoisotopic (exact) mass is 295 g/mol. The minimum absolute atomic E-state index is 0.0160. The first-order valence-corrected chi connectivity index (χ1v) is 8.47. The van der Waals surface area contributed by atoms with Crippen LogP contribution in [-0.2, 0) is 4.79 Å². The van der Waals surface area contributed by atoms with Gasteiger partial charge in [-0.2, -0.15) is 0 Å². The summed E-state index contributed by atoms with van der Waals surface area (Å²) in [6.45, 7) is 4.35. The van der Waals surface area contributed by atoms with Crippen molar-refractivity contribution in [2.24, 2.45) is 5.92 Å². The third-order valence-electron chi connectivity index (χ3n) is 4.65. The Morgan fingerprint density at radius 1 is 1.05 bits per heavy atom. The fourth-order valence-electron chi connectivity index (χ4n) is 3.23. The highest BCUT2D eigenvalue weighted by molar-refractivity contribution is 5.78. The highest BCUT2D eigenvalue weighted by Crippen LogP contribution is 2.18. The molecule has 5 nitrogen and oxygen atoms in total. The van der Waals surface area contributed by atoms with Gasteiger partial charge in [0.15, 0.2) is 0 Å². The summed E-state index contributed by atoms with van der Waals surface area (Å²) >= 11 is 0. The Morgan fingerprint density at radius 2 is 1.81 bits per heavy atom. The summed E-state index contributed by atoms with van der Waals surface area (Å²) in [4.78, 5) is 25.7. The van der Waals surface area contributed by atoms with Crippen LogP contribution in [0.3, 0.4) is 0 Å². The van der Waals surface area contributed by atoms with Crippen LogP contribution in [0, 0.1) is 5.92 Å². The van der Waals surface area contributed by atoms with Gasteiger partial charge in [0.2, 0.25) is 5.91 Å². The molecule has 1 unspecified atom stereocenters. The van der Waals surface area contributed by atoms with E-state index in [4.69, 9.17) is 0 Å². The van der Waals surface area contributed by atoms with E-state index in [-0.39, 0.29) is 11.9 Å². The summed E-state index contributed by atoms with van der Waals surface area (Å²) in [5.41, 5.74) is 0. The average molecular weight is 295 g/mol. The predicted octanol–water partition coefficient (Wildman–Crippen LogP) is 2.27. The van der Waals surface area contributed by atoms with E-state index in [1.807, 2.05) is 4.90 Å². The molecule has 1 aliphatic carbocycles. The SMILES string of the molecule is CC1CCCN(C(=O)NCCC(=O)NC2CCCC2)CC1. The van der Waals surface area contributed by atoms with E-state index >= 15 is 0 Å². The molecule has 0 spiro atoms. The molecule has 5 heteroatoms. The van der Waals surface area contributed by atoms with Gasteiger partial charge in [-0.05, 0) is 38.0 Å². The van der Waals surface area contributed by atoms with Crippen LogP contribution in [0.4, 0.5) is 4.79 Å². The molecule has 2 N–H and O–H groups in total. The van der Waals surface area contributed by atoms with E-state index in [0.717, 1.165) is 38.8 Å². The Labute approximate surface area is 127 Å². The summed E-state index contributed by atoms with van der Waals surface area (Å²) < 4.78 is 0.